The van der Waals surface area contributed by atoms with Gasteiger partial charge in [-0.05, 0) is 48.6 Å². The largest absolute Gasteiger partial charge is 0.493 e. The van der Waals surface area contributed by atoms with Gasteiger partial charge in [-0.3, -0.25) is 9.59 Å². The summed E-state index contributed by atoms with van der Waals surface area (Å²) >= 11 is 0. The molecule has 2 rings (SSSR count). The van der Waals surface area contributed by atoms with Crippen LogP contribution in [0.3, 0.4) is 0 Å². The van der Waals surface area contributed by atoms with Crippen LogP contribution < -0.4 is 9.47 Å². The molecule has 0 N–H and O–H groups in total. The zero-order valence-corrected chi connectivity index (χ0v) is 21.0. The minimum atomic E-state index is -0.135. The van der Waals surface area contributed by atoms with Crippen molar-refractivity contribution in [3.8, 4) is 11.5 Å². The van der Waals surface area contributed by atoms with E-state index >= 15 is 0 Å². The molecule has 0 bridgehead atoms. The molecule has 0 aromatic heterocycles. The van der Waals surface area contributed by atoms with Crippen LogP contribution in [0, 0.1) is 0 Å². The molecule has 0 unspecified atom stereocenters. The van der Waals surface area contributed by atoms with Gasteiger partial charge in [0.25, 0.3) is 5.91 Å². The van der Waals surface area contributed by atoms with E-state index in [0.717, 1.165) is 29.7 Å². The van der Waals surface area contributed by atoms with Crippen molar-refractivity contribution in [2.24, 2.45) is 0 Å². The van der Waals surface area contributed by atoms with E-state index in [9.17, 15) is 9.59 Å². The number of nitrogens with zero attached hydrogens (tertiary/aromatic N) is 1. The maximum atomic E-state index is 12.8. The van der Waals surface area contributed by atoms with Crippen molar-refractivity contribution in [1.82, 2.24) is 4.90 Å². The molecule has 0 aliphatic heterocycles. The second kappa shape index (κ2) is 11.7. The topological polar surface area (TPSA) is 55.8 Å². The molecule has 0 fully saturated rings. The number of hydrogen-bond acceptors (Lipinski definition) is 4. The van der Waals surface area contributed by atoms with Crippen LogP contribution in [0.15, 0.2) is 42.5 Å². The van der Waals surface area contributed by atoms with Gasteiger partial charge >= 0.3 is 0 Å². The third-order valence-corrected chi connectivity index (χ3v) is 5.08. The Morgan fingerprint density at radius 2 is 1.42 bits per heavy atom. The quantitative estimate of drug-likeness (QED) is 0.321. The summed E-state index contributed by atoms with van der Waals surface area (Å²) in [7, 11) is 3.40. The monoisotopic (exact) mass is 451 g/mol. The van der Waals surface area contributed by atoms with Crippen molar-refractivity contribution >= 4 is 17.8 Å². The van der Waals surface area contributed by atoms with Crippen LogP contribution in [0.5, 0.6) is 11.5 Å². The normalized spacial score (nSPS) is 11.5. The summed E-state index contributed by atoms with van der Waals surface area (Å²) < 4.78 is 12.0. The van der Waals surface area contributed by atoms with Gasteiger partial charge in [-0.1, -0.05) is 46.8 Å². The molecular weight excluding hydrogens is 414 g/mol. The average Bonchev–Trinajstić information content (AvgIpc) is 2.78. The molecule has 178 valence electrons. The molecule has 0 saturated carbocycles. The predicted molar refractivity (Wildman–Crippen MR) is 135 cm³/mol. The first-order valence-electron chi connectivity index (χ1n) is 11.6. The molecule has 5 heteroatoms. The van der Waals surface area contributed by atoms with E-state index < -0.39 is 0 Å². The lowest BCUT2D eigenvalue weighted by molar-refractivity contribution is 0.0827. The zero-order valence-electron chi connectivity index (χ0n) is 21.0. The van der Waals surface area contributed by atoms with Crippen LogP contribution >= 0.6 is 0 Å². The number of rotatable bonds is 10. The third kappa shape index (κ3) is 7.21. The van der Waals surface area contributed by atoms with Gasteiger partial charge in [0.05, 0.1) is 13.2 Å². The maximum absolute atomic E-state index is 12.8. The number of allylic oxidation sites excluding steroid dienone is 1. The molecule has 0 spiro atoms. The summed E-state index contributed by atoms with van der Waals surface area (Å²) in [6, 6.07) is 10.7. The van der Waals surface area contributed by atoms with E-state index in [1.54, 1.807) is 50.5 Å². The Morgan fingerprint density at radius 3 is 1.94 bits per heavy atom. The number of ketones is 1. The first kappa shape index (κ1) is 26.2. The molecule has 33 heavy (non-hydrogen) atoms. The fourth-order valence-electron chi connectivity index (χ4n) is 3.26. The van der Waals surface area contributed by atoms with Gasteiger partial charge in [0.2, 0.25) is 0 Å². The Hall–Kier alpha value is -3.08. The summed E-state index contributed by atoms with van der Waals surface area (Å²) in [6.07, 6.45) is 5.15. The number of carbonyl (C=O) groups excluding carboxylic acids is 2. The fourth-order valence-corrected chi connectivity index (χ4v) is 3.26. The van der Waals surface area contributed by atoms with E-state index in [2.05, 4.69) is 40.7 Å². The first-order chi connectivity index (χ1) is 15.6. The molecule has 0 saturated heterocycles. The van der Waals surface area contributed by atoms with E-state index in [1.165, 1.54) is 4.90 Å². The Balaban J connectivity index is 2.38. The highest BCUT2D eigenvalue weighted by Crippen LogP contribution is 2.37. The molecule has 5 nitrogen and oxygen atoms in total. The van der Waals surface area contributed by atoms with Crippen molar-refractivity contribution in [2.45, 2.75) is 52.9 Å². The summed E-state index contributed by atoms with van der Waals surface area (Å²) in [4.78, 5) is 26.4. The van der Waals surface area contributed by atoms with Crippen LogP contribution in [0.2, 0.25) is 0 Å². The van der Waals surface area contributed by atoms with Gasteiger partial charge in [-0.25, -0.2) is 0 Å². The third-order valence-electron chi connectivity index (χ3n) is 5.08. The Bertz CT molecular complexity index is 982. The summed E-state index contributed by atoms with van der Waals surface area (Å²) in [5.74, 6) is 1.29. The van der Waals surface area contributed by atoms with Crippen molar-refractivity contribution < 1.29 is 19.1 Å². The molecule has 0 aliphatic rings. The number of carbonyl (C=O) groups is 2. The molecule has 0 radical (unpaired) electrons. The smallest absolute Gasteiger partial charge is 0.253 e. The van der Waals surface area contributed by atoms with E-state index in [4.69, 9.17) is 9.47 Å². The molecule has 0 aliphatic carbocycles. The van der Waals surface area contributed by atoms with Crippen molar-refractivity contribution in [2.75, 3.05) is 27.3 Å². The van der Waals surface area contributed by atoms with Gasteiger partial charge in [0.1, 0.15) is 11.5 Å². The zero-order chi connectivity index (χ0) is 24.6. The van der Waals surface area contributed by atoms with Gasteiger partial charge in [-0.15, -0.1) is 0 Å². The highest BCUT2D eigenvalue weighted by atomic mass is 16.5. The van der Waals surface area contributed by atoms with Crippen LogP contribution in [0.25, 0.3) is 6.08 Å². The van der Waals surface area contributed by atoms with Crippen molar-refractivity contribution in [1.29, 1.82) is 0 Å². The number of hydrogen-bond donors (Lipinski definition) is 0. The van der Waals surface area contributed by atoms with Crippen LogP contribution in [-0.2, 0) is 5.41 Å². The predicted octanol–water partition coefficient (Wildman–Crippen LogP) is 6.16. The molecule has 2 aromatic carbocycles. The highest BCUT2D eigenvalue weighted by molar-refractivity contribution is 6.07. The van der Waals surface area contributed by atoms with Crippen molar-refractivity contribution in [3.05, 3.63) is 64.7 Å². The standard InChI is InChI=1S/C28H37NO4/c1-8-16-32-25-19-26(33-17-9-2)23(28(3,4)5)18-22(25)14-15-24(30)20-10-12-21(13-11-20)27(31)29(6)7/h10-15,18-19H,8-9,16-17H2,1-7H3/b15-14+. The van der Waals surface area contributed by atoms with Crippen LogP contribution in [0.1, 0.15) is 79.3 Å². The van der Waals surface area contributed by atoms with Gasteiger partial charge in [-0.2, -0.15) is 0 Å². The van der Waals surface area contributed by atoms with Crippen LogP contribution in [0.4, 0.5) is 0 Å². The van der Waals surface area contributed by atoms with Gasteiger partial charge in [0, 0.05) is 42.4 Å². The van der Waals surface area contributed by atoms with Crippen LogP contribution in [-0.4, -0.2) is 43.9 Å². The second-order valence-corrected chi connectivity index (χ2v) is 9.31. The Labute approximate surface area is 198 Å². The lowest BCUT2D eigenvalue weighted by atomic mass is 9.85. The molecule has 1 amide bonds. The highest BCUT2D eigenvalue weighted by Gasteiger charge is 2.22. The second-order valence-electron chi connectivity index (χ2n) is 9.31. The molecule has 0 atom stereocenters. The number of ether oxygens (including phenoxy) is 2. The molecule has 0 heterocycles. The minimum absolute atomic E-state index is 0.0950. The van der Waals surface area contributed by atoms with Crippen molar-refractivity contribution in [3.63, 3.8) is 0 Å². The Morgan fingerprint density at radius 1 is 0.879 bits per heavy atom. The lowest BCUT2D eigenvalue weighted by Crippen LogP contribution is -2.21. The van der Waals surface area contributed by atoms with E-state index in [-0.39, 0.29) is 17.1 Å². The number of amides is 1. The number of benzene rings is 2. The summed E-state index contributed by atoms with van der Waals surface area (Å²) in [5.41, 5.74) is 2.85. The first-order valence-corrected chi connectivity index (χ1v) is 11.6. The fraction of sp³-hybridized carbons (Fsp3) is 0.429. The van der Waals surface area contributed by atoms with Gasteiger partial charge in [0.15, 0.2) is 5.78 Å². The van der Waals surface area contributed by atoms with Gasteiger partial charge < -0.3 is 14.4 Å². The minimum Gasteiger partial charge on any atom is -0.493 e. The molecular formula is C28H37NO4. The summed E-state index contributed by atoms with van der Waals surface area (Å²) in [5, 5.41) is 0. The SMILES string of the molecule is CCCOc1cc(OCCC)c(C(C)(C)C)cc1/C=C/C(=O)c1ccc(C(=O)N(C)C)cc1. The summed E-state index contributed by atoms with van der Waals surface area (Å²) in [6.45, 7) is 11.8. The maximum Gasteiger partial charge on any atom is 0.253 e. The lowest BCUT2D eigenvalue weighted by Gasteiger charge is -2.25. The average molecular weight is 452 g/mol. The van der Waals surface area contributed by atoms with E-state index in [0.29, 0.717) is 30.1 Å². The molecule has 2 aromatic rings. The Kier molecular flexibility index (Phi) is 9.27. The van der Waals surface area contributed by atoms with E-state index in [1.807, 2.05) is 6.07 Å².